The fourth-order valence-electron chi connectivity index (χ4n) is 4.55. The Morgan fingerprint density at radius 1 is 0.519 bits per heavy atom. The monoisotopic (exact) mass is 772 g/mol. The number of ether oxygens (including phenoxy) is 10. The number of phenols is 1. The van der Waals surface area contributed by atoms with E-state index in [1.54, 1.807) is 0 Å². The molecule has 0 amide bonds. The summed E-state index contributed by atoms with van der Waals surface area (Å²) in [6, 6.07) is 3.98. The Bertz CT molecular complexity index is 1170. The first-order valence-corrected chi connectivity index (χ1v) is 18.4. The predicted octanol–water partition coefficient (Wildman–Crippen LogP) is 3.78. The van der Waals surface area contributed by atoms with Crippen molar-refractivity contribution in [2.24, 2.45) is 0 Å². The molecular weight excluding hydrogens is 708 g/mol. The molecule has 0 unspecified atom stereocenters. The summed E-state index contributed by atoms with van der Waals surface area (Å²) in [6.07, 6.45) is 2.32. The molecule has 0 radical (unpaired) electrons. The number of carbonyl (C=O) groups excluding carboxylic acids is 2. The molecule has 15 heteroatoms. The van der Waals surface area contributed by atoms with E-state index in [0.29, 0.717) is 111 Å². The first-order valence-electron chi connectivity index (χ1n) is 18.4. The molecule has 0 spiro atoms. The van der Waals surface area contributed by atoms with Gasteiger partial charge in [-0.25, -0.2) is 9.59 Å². The molecule has 0 aliphatic heterocycles. The fraction of sp³-hybridized carbons (Fsp3) is 0.718. The first kappa shape index (κ1) is 48.9. The third-order valence-corrected chi connectivity index (χ3v) is 7.33. The summed E-state index contributed by atoms with van der Waals surface area (Å²) in [5.74, 6) is -1.92. The van der Waals surface area contributed by atoms with Crippen molar-refractivity contribution in [3.8, 4) is 5.75 Å². The molecule has 0 aromatic heterocycles. The molecule has 54 heavy (non-hydrogen) atoms. The number of benzene rings is 1. The zero-order valence-corrected chi connectivity index (χ0v) is 33.2. The van der Waals surface area contributed by atoms with Crippen molar-refractivity contribution in [3.05, 3.63) is 41.0 Å². The normalized spacial score (nSPS) is 12.0. The topological polar surface area (TPSA) is 184 Å². The van der Waals surface area contributed by atoms with Gasteiger partial charge >= 0.3 is 17.9 Å². The van der Waals surface area contributed by atoms with Gasteiger partial charge in [-0.3, -0.25) is 4.79 Å². The van der Waals surface area contributed by atoms with E-state index in [-0.39, 0.29) is 49.6 Å². The summed E-state index contributed by atoms with van der Waals surface area (Å²) >= 11 is 0. The molecule has 0 aliphatic rings. The Hall–Kier alpha value is -3.15. The van der Waals surface area contributed by atoms with Crippen LogP contribution in [-0.2, 0) is 79.0 Å². The Balaban J connectivity index is 1.86. The second-order valence-corrected chi connectivity index (χ2v) is 14.0. The molecule has 0 saturated heterocycles. The van der Waals surface area contributed by atoms with Gasteiger partial charge in [-0.15, -0.1) is 0 Å². The van der Waals surface area contributed by atoms with Crippen LogP contribution in [0.3, 0.4) is 0 Å². The van der Waals surface area contributed by atoms with Crippen molar-refractivity contribution in [1.29, 1.82) is 0 Å². The van der Waals surface area contributed by atoms with Gasteiger partial charge in [0.25, 0.3) is 0 Å². The summed E-state index contributed by atoms with van der Waals surface area (Å²) in [6.45, 7) is 18.9. The molecule has 0 fully saturated rings. The first-order chi connectivity index (χ1) is 25.7. The number of hydrogen-bond acceptors (Lipinski definition) is 14. The lowest BCUT2D eigenvalue weighted by Gasteiger charge is -2.28. The van der Waals surface area contributed by atoms with E-state index in [1.807, 2.05) is 12.1 Å². The highest BCUT2D eigenvalue weighted by molar-refractivity contribution is 5.90. The summed E-state index contributed by atoms with van der Waals surface area (Å²) in [7, 11) is 0. The number of carbonyl (C=O) groups is 3. The van der Waals surface area contributed by atoms with Crippen LogP contribution in [0.25, 0.3) is 0 Å². The molecule has 310 valence electrons. The van der Waals surface area contributed by atoms with Gasteiger partial charge in [0.05, 0.1) is 106 Å². The molecule has 0 saturated carbocycles. The van der Waals surface area contributed by atoms with Gasteiger partial charge in [-0.05, 0) is 33.9 Å². The molecule has 0 heterocycles. The molecule has 0 bridgehead atoms. The third-order valence-electron chi connectivity index (χ3n) is 7.33. The van der Waals surface area contributed by atoms with Crippen molar-refractivity contribution < 1.29 is 72.0 Å². The largest absolute Gasteiger partial charge is 0.507 e. The Morgan fingerprint density at radius 3 is 1.15 bits per heavy atom. The minimum atomic E-state index is -1.22. The van der Waals surface area contributed by atoms with Crippen LogP contribution in [-0.4, -0.2) is 147 Å². The lowest BCUT2D eigenvalue weighted by Crippen LogP contribution is -2.18. The minimum Gasteiger partial charge on any atom is -0.507 e. The Labute approximate surface area is 320 Å². The van der Waals surface area contributed by atoms with Crippen molar-refractivity contribution >= 4 is 17.9 Å². The van der Waals surface area contributed by atoms with Crippen LogP contribution in [0.2, 0.25) is 0 Å². The lowest BCUT2D eigenvalue weighted by molar-refractivity contribution is -0.145. The molecule has 1 aromatic carbocycles. The van der Waals surface area contributed by atoms with E-state index < -0.39 is 11.9 Å². The molecule has 0 aliphatic carbocycles. The number of phenolic OH excluding ortho intramolecular Hbond substituents is 1. The average Bonchev–Trinajstić information content (AvgIpc) is 3.10. The van der Waals surface area contributed by atoms with E-state index in [2.05, 4.69) is 41.5 Å². The Kier molecular flexibility index (Phi) is 26.4. The van der Waals surface area contributed by atoms with Gasteiger partial charge < -0.3 is 57.6 Å². The van der Waals surface area contributed by atoms with E-state index in [0.717, 1.165) is 22.8 Å². The van der Waals surface area contributed by atoms with Crippen LogP contribution < -0.4 is 0 Å². The van der Waals surface area contributed by atoms with Crippen molar-refractivity contribution in [3.63, 3.8) is 0 Å². The quantitative estimate of drug-likeness (QED) is 0.0613. The van der Waals surface area contributed by atoms with Gasteiger partial charge in [0.15, 0.2) is 0 Å². The summed E-state index contributed by atoms with van der Waals surface area (Å²) in [5.41, 5.74) is 2.31. The average molecular weight is 773 g/mol. The molecular formula is C39H64O15. The molecule has 2 N–H and O–H groups in total. The highest BCUT2D eigenvalue weighted by Gasteiger charge is 2.26. The van der Waals surface area contributed by atoms with E-state index in [9.17, 15) is 19.5 Å². The number of aromatic hydroxyl groups is 1. The fourth-order valence-corrected chi connectivity index (χ4v) is 4.55. The number of hydrogen-bond donors (Lipinski definition) is 2. The van der Waals surface area contributed by atoms with Crippen LogP contribution in [0.4, 0.5) is 0 Å². The number of rotatable bonds is 32. The van der Waals surface area contributed by atoms with Gasteiger partial charge in [0.2, 0.25) is 0 Å². The van der Waals surface area contributed by atoms with Crippen LogP contribution >= 0.6 is 0 Å². The SMILES string of the molecule is CC(C)(C)c1cc(CCC(=O)OCCOCCOCCOCCOCCOCCOCCOCCOCCOC(=O)C=CC(=O)O)cc(C(C)(C)C)c1O. The van der Waals surface area contributed by atoms with Gasteiger partial charge in [0, 0.05) is 18.6 Å². The summed E-state index contributed by atoms with van der Waals surface area (Å²) < 4.78 is 53.5. The molecule has 15 nitrogen and oxygen atoms in total. The maximum absolute atomic E-state index is 12.3. The number of carboxylic acids is 1. The van der Waals surface area contributed by atoms with Crippen molar-refractivity contribution in [2.45, 2.75) is 65.2 Å². The van der Waals surface area contributed by atoms with Crippen LogP contribution in [0, 0.1) is 0 Å². The molecule has 1 aromatic rings. The van der Waals surface area contributed by atoms with Crippen LogP contribution in [0.1, 0.15) is 64.7 Å². The smallest absolute Gasteiger partial charge is 0.331 e. The lowest BCUT2D eigenvalue weighted by atomic mass is 9.78. The Morgan fingerprint density at radius 2 is 0.833 bits per heavy atom. The van der Waals surface area contributed by atoms with Crippen LogP contribution in [0.5, 0.6) is 5.75 Å². The van der Waals surface area contributed by atoms with Gasteiger partial charge in [-0.2, -0.15) is 0 Å². The third kappa shape index (κ3) is 25.8. The minimum absolute atomic E-state index is 0.0216. The number of aliphatic carboxylic acids is 1. The van der Waals surface area contributed by atoms with Crippen molar-refractivity contribution in [2.75, 3.05) is 119 Å². The number of aryl methyl sites for hydroxylation is 1. The van der Waals surface area contributed by atoms with Gasteiger partial charge in [-0.1, -0.05) is 53.7 Å². The maximum atomic E-state index is 12.3. The maximum Gasteiger partial charge on any atom is 0.331 e. The number of carboxylic acid groups (broad SMARTS) is 1. The number of esters is 2. The van der Waals surface area contributed by atoms with Crippen LogP contribution in [0.15, 0.2) is 24.3 Å². The van der Waals surface area contributed by atoms with E-state index in [1.165, 1.54) is 0 Å². The zero-order chi connectivity index (χ0) is 40.1. The van der Waals surface area contributed by atoms with E-state index >= 15 is 0 Å². The second-order valence-electron chi connectivity index (χ2n) is 14.0. The summed E-state index contributed by atoms with van der Waals surface area (Å²) in [4.78, 5) is 33.8. The van der Waals surface area contributed by atoms with Crippen molar-refractivity contribution in [1.82, 2.24) is 0 Å². The standard InChI is InChI=1S/C39H64O15/c1-38(2,3)32-29-31(30-33(37(32)44)39(4,5)6)7-9-35(42)53-27-25-51-23-21-49-19-17-47-15-13-45-11-12-46-14-16-48-18-20-50-22-24-52-26-28-54-36(43)10-8-34(40)41/h8,10,29-30,44H,7,9,11-28H2,1-6H3,(H,40,41). The molecule has 1 rings (SSSR count). The second kappa shape index (κ2) is 29.2. The predicted molar refractivity (Wildman–Crippen MR) is 199 cm³/mol. The zero-order valence-electron chi connectivity index (χ0n) is 33.2. The highest BCUT2D eigenvalue weighted by atomic mass is 16.6. The van der Waals surface area contributed by atoms with Gasteiger partial charge in [0.1, 0.15) is 19.0 Å². The highest BCUT2D eigenvalue weighted by Crippen LogP contribution is 2.40. The summed E-state index contributed by atoms with van der Waals surface area (Å²) in [5, 5.41) is 19.3. The van der Waals surface area contributed by atoms with E-state index in [4.69, 9.17) is 52.5 Å². The molecule has 0 atom stereocenters.